The van der Waals surface area contributed by atoms with E-state index in [2.05, 4.69) is 4.98 Å². The minimum absolute atomic E-state index is 0.231. The van der Waals surface area contributed by atoms with Crippen molar-refractivity contribution in [1.82, 2.24) is 9.88 Å². The van der Waals surface area contributed by atoms with Crippen molar-refractivity contribution in [3.63, 3.8) is 0 Å². The van der Waals surface area contributed by atoms with E-state index in [1.807, 2.05) is 0 Å². The molecule has 20 heavy (non-hydrogen) atoms. The largest absolute Gasteiger partial charge is 0.480 e. The maximum absolute atomic E-state index is 13.6. The molecule has 1 amide bonds. The smallest absolute Gasteiger partial charge is 0.327 e. The fourth-order valence-electron chi connectivity index (χ4n) is 2.06. The minimum Gasteiger partial charge on any atom is -0.480 e. The van der Waals surface area contributed by atoms with Crippen molar-refractivity contribution in [1.29, 1.82) is 0 Å². The molecule has 2 rings (SSSR count). The van der Waals surface area contributed by atoms with E-state index in [0.717, 1.165) is 17.2 Å². The highest BCUT2D eigenvalue weighted by atomic mass is 32.2. The molecule has 0 saturated carbocycles. The van der Waals surface area contributed by atoms with Gasteiger partial charge in [-0.05, 0) is 12.5 Å². The van der Waals surface area contributed by atoms with Crippen LogP contribution in [-0.2, 0) is 4.79 Å². The fraction of sp³-hybridized carbons (Fsp3) is 0.417. The molecule has 0 bridgehead atoms. The van der Waals surface area contributed by atoms with Crippen LogP contribution in [0.25, 0.3) is 0 Å². The zero-order chi connectivity index (χ0) is 14.9. The van der Waals surface area contributed by atoms with Crippen molar-refractivity contribution in [2.75, 3.05) is 5.75 Å². The van der Waals surface area contributed by atoms with Gasteiger partial charge in [0.2, 0.25) is 5.95 Å². The van der Waals surface area contributed by atoms with Crippen LogP contribution in [0.15, 0.2) is 12.3 Å². The topological polar surface area (TPSA) is 70.5 Å². The van der Waals surface area contributed by atoms with Gasteiger partial charge in [-0.25, -0.2) is 14.2 Å². The lowest BCUT2D eigenvalue weighted by molar-refractivity contribution is -0.141. The Bertz CT molecular complexity index is 556. The summed E-state index contributed by atoms with van der Waals surface area (Å²) in [4.78, 5) is 27.7. The summed E-state index contributed by atoms with van der Waals surface area (Å²) < 4.78 is 26.7. The van der Waals surface area contributed by atoms with Crippen molar-refractivity contribution in [2.45, 2.75) is 24.8 Å². The molecular formula is C12H12F2N2O3S. The molecule has 5 nitrogen and oxygen atoms in total. The number of nitrogens with zero attached hydrogens (tertiary/aromatic N) is 2. The molecule has 1 aliphatic heterocycles. The Morgan fingerprint density at radius 3 is 2.85 bits per heavy atom. The molecule has 0 aliphatic carbocycles. The molecule has 1 N–H and O–H groups in total. The van der Waals surface area contributed by atoms with Crippen LogP contribution in [0.3, 0.4) is 0 Å². The van der Waals surface area contributed by atoms with Gasteiger partial charge in [0, 0.05) is 11.9 Å². The van der Waals surface area contributed by atoms with E-state index < -0.39 is 35.2 Å². The van der Waals surface area contributed by atoms with E-state index in [4.69, 9.17) is 5.11 Å². The van der Waals surface area contributed by atoms with Crippen LogP contribution in [0.1, 0.15) is 23.7 Å². The molecule has 2 atom stereocenters. The number of carbonyl (C=O) groups excluding carboxylic acids is 1. The molecule has 1 aliphatic rings. The highest BCUT2D eigenvalue weighted by molar-refractivity contribution is 8.00. The first kappa shape index (κ1) is 14.7. The zero-order valence-electron chi connectivity index (χ0n) is 10.5. The third kappa shape index (κ3) is 2.47. The van der Waals surface area contributed by atoms with Crippen molar-refractivity contribution in [2.24, 2.45) is 0 Å². The Kier molecular flexibility index (Phi) is 4.22. The molecule has 1 aromatic heterocycles. The third-order valence-corrected chi connectivity index (χ3v) is 4.49. The third-order valence-electron chi connectivity index (χ3n) is 3.04. The van der Waals surface area contributed by atoms with Crippen LogP contribution >= 0.6 is 11.8 Å². The summed E-state index contributed by atoms with van der Waals surface area (Å²) >= 11 is 1.31. The van der Waals surface area contributed by atoms with E-state index in [1.165, 1.54) is 11.8 Å². The quantitative estimate of drug-likeness (QED) is 0.861. The first-order valence-corrected chi connectivity index (χ1v) is 6.99. The Labute approximate surface area is 118 Å². The number of halogens is 2. The SMILES string of the molecule is CCC1SCC(C(=O)O)N1C(=O)c1ccnc(F)c1F. The number of pyridine rings is 1. The molecule has 1 aromatic rings. The van der Waals surface area contributed by atoms with E-state index >= 15 is 0 Å². The summed E-state index contributed by atoms with van der Waals surface area (Å²) in [6.45, 7) is 1.80. The van der Waals surface area contributed by atoms with Crippen molar-refractivity contribution in [3.05, 3.63) is 29.6 Å². The van der Waals surface area contributed by atoms with Gasteiger partial charge in [-0.3, -0.25) is 4.79 Å². The van der Waals surface area contributed by atoms with Crippen molar-refractivity contribution >= 4 is 23.6 Å². The number of aliphatic carboxylic acids is 1. The maximum atomic E-state index is 13.6. The summed E-state index contributed by atoms with van der Waals surface area (Å²) in [6, 6.07) is 0.0168. The lowest BCUT2D eigenvalue weighted by Gasteiger charge is -2.26. The number of thioether (sulfide) groups is 1. The number of carbonyl (C=O) groups is 2. The number of carboxylic acids is 1. The van der Waals surface area contributed by atoms with Crippen molar-refractivity contribution in [3.8, 4) is 0 Å². The minimum atomic E-state index is -1.37. The highest BCUT2D eigenvalue weighted by Crippen LogP contribution is 2.33. The van der Waals surface area contributed by atoms with Crippen LogP contribution < -0.4 is 0 Å². The molecule has 1 saturated heterocycles. The highest BCUT2D eigenvalue weighted by Gasteiger charge is 2.41. The second-order valence-electron chi connectivity index (χ2n) is 4.23. The summed E-state index contributed by atoms with van der Waals surface area (Å²) in [5.74, 6) is -4.48. The van der Waals surface area contributed by atoms with Crippen molar-refractivity contribution < 1.29 is 23.5 Å². The van der Waals surface area contributed by atoms with Crippen LogP contribution in [0.4, 0.5) is 8.78 Å². The maximum Gasteiger partial charge on any atom is 0.327 e. The Morgan fingerprint density at radius 1 is 1.55 bits per heavy atom. The first-order valence-electron chi connectivity index (χ1n) is 5.94. The molecular weight excluding hydrogens is 290 g/mol. The lowest BCUT2D eigenvalue weighted by Crippen LogP contribution is -2.45. The standard InChI is InChI=1S/C12H12F2N2O3S/c1-2-8-16(7(5-20-8)12(18)19)11(17)6-3-4-15-10(14)9(6)13/h3-4,7-8H,2,5H2,1H3,(H,18,19). The van der Waals surface area contributed by atoms with Gasteiger partial charge in [-0.15, -0.1) is 11.8 Å². The second kappa shape index (κ2) is 5.74. The lowest BCUT2D eigenvalue weighted by atomic mass is 10.1. The van der Waals surface area contributed by atoms with E-state index in [9.17, 15) is 18.4 Å². The number of rotatable bonds is 3. The van der Waals surface area contributed by atoms with Crippen LogP contribution in [0.2, 0.25) is 0 Å². The van der Waals surface area contributed by atoms with Crippen LogP contribution in [0, 0.1) is 11.8 Å². The zero-order valence-corrected chi connectivity index (χ0v) is 11.4. The number of carboxylic acid groups (broad SMARTS) is 1. The van der Waals surface area contributed by atoms with Gasteiger partial charge >= 0.3 is 5.97 Å². The second-order valence-corrected chi connectivity index (χ2v) is 5.44. The van der Waals surface area contributed by atoms with E-state index in [1.54, 1.807) is 6.92 Å². The van der Waals surface area contributed by atoms with E-state index in [-0.39, 0.29) is 11.1 Å². The molecule has 0 radical (unpaired) electrons. The molecule has 0 aromatic carbocycles. The predicted octanol–water partition coefficient (Wildman–Crippen LogP) is 1.74. The fourth-order valence-corrected chi connectivity index (χ4v) is 3.41. The van der Waals surface area contributed by atoms with Gasteiger partial charge in [-0.1, -0.05) is 6.92 Å². The van der Waals surface area contributed by atoms with Crippen LogP contribution in [-0.4, -0.2) is 44.0 Å². The average molecular weight is 302 g/mol. The van der Waals surface area contributed by atoms with Gasteiger partial charge in [0.1, 0.15) is 6.04 Å². The van der Waals surface area contributed by atoms with Gasteiger partial charge in [-0.2, -0.15) is 4.39 Å². The van der Waals surface area contributed by atoms with Gasteiger partial charge < -0.3 is 10.0 Å². The summed E-state index contributed by atoms with van der Waals surface area (Å²) in [6.07, 6.45) is 1.50. The molecule has 1 fully saturated rings. The predicted molar refractivity (Wildman–Crippen MR) is 68.3 cm³/mol. The van der Waals surface area contributed by atoms with Gasteiger partial charge in [0.25, 0.3) is 5.91 Å². The average Bonchev–Trinajstić information content (AvgIpc) is 2.85. The Hall–Kier alpha value is -1.70. The monoisotopic (exact) mass is 302 g/mol. The molecule has 8 heteroatoms. The summed E-state index contributed by atoms with van der Waals surface area (Å²) in [5.41, 5.74) is -0.496. The molecule has 2 unspecified atom stereocenters. The van der Waals surface area contributed by atoms with Crippen LogP contribution in [0.5, 0.6) is 0 Å². The molecule has 2 heterocycles. The Balaban J connectivity index is 2.38. The van der Waals surface area contributed by atoms with Gasteiger partial charge in [0.05, 0.1) is 10.9 Å². The molecule has 108 valence electrons. The number of aromatic nitrogens is 1. The first-order chi connectivity index (χ1) is 9.47. The number of hydrogen-bond acceptors (Lipinski definition) is 4. The summed E-state index contributed by atoms with van der Waals surface area (Å²) in [5, 5.41) is 8.77. The van der Waals surface area contributed by atoms with Gasteiger partial charge in [0.15, 0.2) is 5.82 Å². The molecule has 0 spiro atoms. The number of amides is 1. The normalized spacial score (nSPS) is 22.1. The summed E-state index contributed by atoms with van der Waals surface area (Å²) in [7, 11) is 0. The Morgan fingerprint density at radius 2 is 2.25 bits per heavy atom. The number of hydrogen-bond donors (Lipinski definition) is 1. The van der Waals surface area contributed by atoms with E-state index in [0.29, 0.717) is 6.42 Å².